The molecule has 0 amide bonds. The van der Waals surface area contributed by atoms with E-state index in [9.17, 15) is 9.59 Å². The lowest BCUT2D eigenvalue weighted by Crippen LogP contribution is -2.47. The Labute approximate surface area is 107 Å². The van der Waals surface area contributed by atoms with Crippen molar-refractivity contribution in [3.8, 4) is 0 Å². The topological polar surface area (TPSA) is 52.6 Å². The van der Waals surface area contributed by atoms with E-state index in [0.29, 0.717) is 18.8 Å². The highest BCUT2D eigenvalue weighted by Gasteiger charge is 2.64. The van der Waals surface area contributed by atoms with Gasteiger partial charge in [0.1, 0.15) is 11.7 Å². The maximum absolute atomic E-state index is 11.9. The summed E-state index contributed by atoms with van der Waals surface area (Å²) in [6, 6.07) is 0. The molecule has 4 heteroatoms. The summed E-state index contributed by atoms with van der Waals surface area (Å²) < 4.78 is 10.9. The molecule has 0 aromatic heterocycles. The van der Waals surface area contributed by atoms with Crippen LogP contribution >= 0.6 is 0 Å². The van der Waals surface area contributed by atoms with Gasteiger partial charge in [0.2, 0.25) is 0 Å². The van der Waals surface area contributed by atoms with E-state index >= 15 is 0 Å². The summed E-state index contributed by atoms with van der Waals surface area (Å²) >= 11 is 0. The number of hydrogen-bond acceptors (Lipinski definition) is 4. The van der Waals surface area contributed by atoms with Gasteiger partial charge in [-0.2, -0.15) is 0 Å². The minimum Gasteiger partial charge on any atom is -0.463 e. The third-order valence-electron chi connectivity index (χ3n) is 5.15. The molecule has 0 radical (unpaired) electrons. The van der Waals surface area contributed by atoms with Crippen LogP contribution in [-0.2, 0) is 19.1 Å². The molecule has 2 aliphatic carbocycles. The Morgan fingerprint density at radius 2 is 2.00 bits per heavy atom. The molecule has 1 heterocycles. The van der Waals surface area contributed by atoms with Gasteiger partial charge in [0, 0.05) is 18.3 Å². The van der Waals surface area contributed by atoms with Crippen molar-refractivity contribution in [3.05, 3.63) is 0 Å². The third-order valence-corrected chi connectivity index (χ3v) is 5.15. The molecule has 0 N–H and O–H groups in total. The molecule has 0 unspecified atom stereocenters. The number of ether oxygens (including phenoxy) is 2. The van der Waals surface area contributed by atoms with E-state index in [0.717, 1.165) is 12.8 Å². The van der Waals surface area contributed by atoms with Gasteiger partial charge in [-0.15, -0.1) is 0 Å². The Hall–Kier alpha value is -1.06. The fourth-order valence-electron chi connectivity index (χ4n) is 4.53. The van der Waals surface area contributed by atoms with E-state index in [4.69, 9.17) is 9.47 Å². The van der Waals surface area contributed by atoms with Crippen LogP contribution in [0, 0.1) is 23.2 Å². The van der Waals surface area contributed by atoms with Crippen LogP contribution in [0.3, 0.4) is 0 Å². The fraction of sp³-hybridized carbons (Fsp3) is 0.857. The van der Waals surface area contributed by atoms with Crippen LogP contribution in [0.15, 0.2) is 0 Å². The summed E-state index contributed by atoms with van der Waals surface area (Å²) in [6.07, 6.45) is 2.45. The number of fused-ring (bicyclic) bond motifs is 4. The summed E-state index contributed by atoms with van der Waals surface area (Å²) in [5, 5.41) is 0. The van der Waals surface area contributed by atoms with Gasteiger partial charge in [-0.3, -0.25) is 9.59 Å². The van der Waals surface area contributed by atoms with Gasteiger partial charge in [-0.25, -0.2) is 0 Å². The molecule has 18 heavy (non-hydrogen) atoms. The molecule has 2 saturated carbocycles. The van der Waals surface area contributed by atoms with Crippen molar-refractivity contribution in [2.75, 3.05) is 0 Å². The number of carbonyl (C=O) groups excluding carboxylic acids is 2. The fourth-order valence-corrected chi connectivity index (χ4v) is 4.53. The molecular weight excluding hydrogens is 232 g/mol. The normalized spacial score (nSPS) is 48.5. The average molecular weight is 252 g/mol. The predicted octanol–water partition coefficient (Wildman–Crippen LogP) is 1.92. The smallest absolute Gasteiger partial charge is 0.313 e. The summed E-state index contributed by atoms with van der Waals surface area (Å²) in [5.41, 5.74) is -0.108. The van der Waals surface area contributed by atoms with Crippen molar-refractivity contribution < 1.29 is 19.1 Å². The Bertz CT molecular complexity index is 403. The van der Waals surface area contributed by atoms with Crippen LogP contribution in [0.1, 0.15) is 40.0 Å². The van der Waals surface area contributed by atoms with Crippen molar-refractivity contribution in [1.82, 2.24) is 0 Å². The monoisotopic (exact) mass is 252 g/mol. The lowest BCUT2D eigenvalue weighted by atomic mass is 9.67. The van der Waals surface area contributed by atoms with Crippen LogP contribution in [-0.4, -0.2) is 24.1 Å². The van der Waals surface area contributed by atoms with Crippen LogP contribution in [0.2, 0.25) is 0 Å². The Balaban J connectivity index is 1.98. The highest BCUT2D eigenvalue weighted by molar-refractivity contribution is 5.77. The van der Waals surface area contributed by atoms with Gasteiger partial charge >= 0.3 is 5.97 Å². The predicted molar refractivity (Wildman–Crippen MR) is 63.5 cm³/mol. The molecule has 4 nitrogen and oxygen atoms in total. The van der Waals surface area contributed by atoms with Crippen LogP contribution in [0.25, 0.3) is 0 Å². The van der Waals surface area contributed by atoms with E-state index in [2.05, 4.69) is 13.8 Å². The summed E-state index contributed by atoms with van der Waals surface area (Å²) in [7, 11) is 0. The quantitative estimate of drug-likeness (QED) is 0.556. The largest absolute Gasteiger partial charge is 0.463 e. The van der Waals surface area contributed by atoms with Gasteiger partial charge in [0.25, 0.3) is 6.47 Å². The number of esters is 1. The molecule has 0 spiro atoms. The van der Waals surface area contributed by atoms with Gasteiger partial charge in [-0.05, 0) is 25.2 Å². The lowest BCUT2D eigenvalue weighted by molar-refractivity contribution is -0.152. The van der Waals surface area contributed by atoms with Crippen LogP contribution in [0.5, 0.6) is 0 Å². The minimum absolute atomic E-state index is 0.184. The summed E-state index contributed by atoms with van der Waals surface area (Å²) in [4.78, 5) is 22.6. The first-order valence-corrected chi connectivity index (χ1v) is 6.68. The zero-order valence-electron chi connectivity index (χ0n) is 11.1. The minimum atomic E-state index is -0.344. The Kier molecular flexibility index (Phi) is 2.32. The van der Waals surface area contributed by atoms with E-state index in [-0.39, 0.29) is 34.9 Å². The lowest BCUT2D eigenvalue weighted by Gasteiger charge is -2.40. The highest BCUT2D eigenvalue weighted by atomic mass is 16.6. The molecule has 0 aromatic carbocycles. The molecular formula is C14H20O4. The van der Waals surface area contributed by atoms with Crippen molar-refractivity contribution in [2.24, 2.45) is 23.2 Å². The second kappa shape index (κ2) is 3.49. The van der Waals surface area contributed by atoms with Crippen LogP contribution < -0.4 is 0 Å². The second-order valence-electron chi connectivity index (χ2n) is 7.08. The zero-order valence-corrected chi connectivity index (χ0v) is 11.1. The zero-order chi connectivity index (χ0) is 13.1. The number of carbonyl (C=O) groups is 2. The SMILES string of the molecule is CC1(C)C[C@H]2[C@H](OC=O)[C@H]3C[C@](C)(OC3=O)[C@H]2C1. The Morgan fingerprint density at radius 3 is 2.67 bits per heavy atom. The molecule has 2 bridgehead atoms. The Morgan fingerprint density at radius 1 is 1.28 bits per heavy atom. The second-order valence-corrected chi connectivity index (χ2v) is 7.08. The van der Waals surface area contributed by atoms with Gasteiger partial charge in [-0.1, -0.05) is 13.8 Å². The third kappa shape index (κ3) is 1.50. The maximum Gasteiger partial charge on any atom is 0.313 e. The number of hydrogen-bond donors (Lipinski definition) is 0. The summed E-state index contributed by atoms with van der Waals surface area (Å²) in [6.45, 7) is 7.01. The first-order chi connectivity index (χ1) is 8.36. The number of rotatable bonds is 2. The van der Waals surface area contributed by atoms with E-state index in [1.165, 1.54) is 0 Å². The molecule has 100 valence electrons. The van der Waals surface area contributed by atoms with E-state index < -0.39 is 0 Å². The van der Waals surface area contributed by atoms with Crippen molar-refractivity contribution in [2.45, 2.75) is 51.7 Å². The van der Waals surface area contributed by atoms with Gasteiger partial charge in [0.15, 0.2) is 0 Å². The van der Waals surface area contributed by atoms with E-state index in [1.54, 1.807) is 0 Å². The van der Waals surface area contributed by atoms with E-state index in [1.807, 2.05) is 6.92 Å². The molecule has 3 fully saturated rings. The molecule has 1 saturated heterocycles. The molecule has 1 aliphatic heterocycles. The van der Waals surface area contributed by atoms with Gasteiger partial charge < -0.3 is 9.47 Å². The van der Waals surface area contributed by atoms with Crippen LogP contribution in [0.4, 0.5) is 0 Å². The first kappa shape index (κ1) is 12.0. The molecule has 3 aliphatic rings. The first-order valence-electron chi connectivity index (χ1n) is 6.68. The van der Waals surface area contributed by atoms with Crippen molar-refractivity contribution in [1.29, 1.82) is 0 Å². The van der Waals surface area contributed by atoms with Gasteiger partial charge in [0.05, 0.1) is 5.92 Å². The highest BCUT2D eigenvalue weighted by Crippen LogP contribution is 2.60. The summed E-state index contributed by atoms with van der Waals surface area (Å²) in [5.74, 6) is 0.146. The maximum atomic E-state index is 11.9. The van der Waals surface area contributed by atoms with Crippen molar-refractivity contribution in [3.63, 3.8) is 0 Å². The standard InChI is InChI=1S/C14H20O4/c1-13(2)4-8-10(6-13)14(3)5-9(12(16)18-14)11(8)17-7-15/h7-11H,4-6H2,1-3H3/t8-,9-,10+,11+,14+/m1/s1. The molecule has 3 rings (SSSR count). The molecule has 0 aromatic rings. The average Bonchev–Trinajstić information content (AvgIpc) is 2.72. The molecule has 5 atom stereocenters. The van der Waals surface area contributed by atoms with Crippen molar-refractivity contribution >= 4 is 12.4 Å².